The zero-order valence-electron chi connectivity index (χ0n) is 11.9. The van der Waals surface area contributed by atoms with Crippen molar-refractivity contribution in [2.24, 2.45) is 5.92 Å². The molecule has 1 nitrogen and oxygen atoms in total. The van der Waals surface area contributed by atoms with Crippen LogP contribution in [0.5, 0.6) is 0 Å². The second-order valence-corrected chi connectivity index (χ2v) is 5.95. The van der Waals surface area contributed by atoms with E-state index >= 15 is 0 Å². The van der Waals surface area contributed by atoms with E-state index in [0.29, 0.717) is 5.92 Å². The van der Waals surface area contributed by atoms with Crippen LogP contribution in [0.25, 0.3) is 0 Å². The van der Waals surface area contributed by atoms with Gasteiger partial charge in [0.15, 0.2) is 0 Å². The molecular formula is C17H27N. The molecule has 0 saturated carbocycles. The fourth-order valence-corrected chi connectivity index (χ4v) is 3.09. The van der Waals surface area contributed by atoms with Gasteiger partial charge in [0.25, 0.3) is 0 Å². The molecule has 0 bridgehead atoms. The number of rotatable bonds is 5. The third kappa shape index (κ3) is 3.84. The molecule has 1 heterocycles. The highest BCUT2D eigenvalue weighted by Gasteiger charge is 2.18. The van der Waals surface area contributed by atoms with Crippen LogP contribution in [-0.4, -0.2) is 24.5 Å². The Morgan fingerprint density at radius 1 is 1.00 bits per heavy atom. The summed E-state index contributed by atoms with van der Waals surface area (Å²) < 4.78 is 0. The number of benzene rings is 1. The summed E-state index contributed by atoms with van der Waals surface area (Å²) in [4.78, 5) is 2.65. The predicted octanol–water partition coefficient (Wildman–Crippen LogP) is 4.30. The van der Waals surface area contributed by atoms with Crippen molar-refractivity contribution in [2.75, 3.05) is 19.6 Å². The minimum Gasteiger partial charge on any atom is -0.303 e. The first-order valence-electron chi connectivity index (χ1n) is 7.54. The van der Waals surface area contributed by atoms with Gasteiger partial charge < -0.3 is 4.90 Å². The first-order valence-corrected chi connectivity index (χ1v) is 7.54. The van der Waals surface area contributed by atoms with Gasteiger partial charge in [0.2, 0.25) is 0 Å². The van der Waals surface area contributed by atoms with Gasteiger partial charge in [0.05, 0.1) is 0 Å². The van der Waals surface area contributed by atoms with Crippen molar-refractivity contribution >= 4 is 0 Å². The molecule has 0 N–H and O–H groups in total. The van der Waals surface area contributed by atoms with Gasteiger partial charge in [-0.05, 0) is 56.3 Å². The van der Waals surface area contributed by atoms with Gasteiger partial charge in [-0.25, -0.2) is 0 Å². The molecule has 0 radical (unpaired) electrons. The molecule has 18 heavy (non-hydrogen) atoms. The lowest BCUT2D eigenvalue weighted by Gasteiger charge is -2.29. The van der Waals surface area contributed by atoms with Crippen LogP contribution in [0.3, 0.4) is 0 Å². The summed E-state index contributed by atoms with van der Waals surface area (Å²) in [5.74, 6) is 1.45. The summed E-state index contributed by atoms with van der Waals surface area (Å²) in [7, 11) is 0. The van der Waals surface area contributed by atoms with Crippen molar-refractivity contribution in [3.8, 4) is 0 Å². The summed E-state index contributed by atoms with van der Waals surface area (Å²) in [6.07, 6.45) is 5.54. The Balaban J connectivity index is 1.90. The Morgan fingerprint density at radius 3 is 2.28 bits per heavy atom. The molecule has 1 saturated heterocycles. The van der Waals surface area contributed by atoms with E-state index in [0.717, 1.165) is 5.92 Å². The van der Waals surface area contributed by atoms with Crippen LogP contribution in [-0.2, 0) is 0 Å². The molecule has 1 aromatic rings. The van der Waals surface area contributed by atoms with Crippen molar-refractivity contribution < 1.29 is 0 Å². The third-order valence-corrected chi connectivity index (χ3v) is 4.24. The maximum absolute atomic E-state index is 2.65. The molecule has 0 amide bonds. The van der Waals surface area contributed by atoms with Gasteiger partial charge in [-0.1, -0.05) is 50.6 Å². The van der Waals surface area contributed by atoms with E-state index in [2.05, 4.69) is 49.1 Å². The Morgan fingerprint density at radius 2 is 1.67 bits per heavy atom. The maximum Gasteiger partial charge on any atom is -0.00128 e. The molecule has 1 fully saturated rings. The molecule has 1 aliphatic rings. The van der Waals surface area contributed by atoms with Crippen molar-refractivity contribution in [2.45, 2.75) is 45.4 Å². The first-order chi connectivity index (χ1) is 8.77. The number of piperidine rings is 1. The molecule has 1 unspecified atom stereocenters. The van der Waals surface area contributed by atoms with E-state index < -0.39 is 0 Å². The number of nitrogens with zero attached hydrogens (tertiary/aromatic N) is 1. The van der Waals surface area contributed by atoms with E-state index in [-0.39, 0.29) is 0 Å². The van der Waals surface area contributed by atoms with Crippen LogP contribution in [0, 0.1) is 5.92 Å². The molecule has 1 aliphatic heterocycles. The summed E-state index contributed by atoms with van der Waals surface area (Å²) in [5, 5.41) is 0. The van der Waals surface area contributed by atoms with Crippen LogP contribution in [0.15, 0.2) is 30.3 Å². The van der Waals surface area contributed by atoms with Gasteiger partial charge in [-0.15, -0.1) is 0 Å². The van der Waals surface area contributed by atoms with Crippen LogP contribution >= 0.6 is 0 Å². The lowest BCUT2D eigenvalue weighted by molar-refractivity contribution is 0.215. The van der Waals surface area contributed by atoms with Gasteiger partial charge in [0.1, 0.15) is 0 Å². The Labute approximate surface area is 112 Å². The summed E-state index contributed by atoms with van der Waals surface area (Å²) in [6.45, 7) is 8.62. The lowest BCUT2D eigenvalue weighted by Crippen LogP contribution is -2.31. The van der Waals surface area contributed by atoms with Crippen molar-refractivity contribution in [3.05, 3.63) is 35.9 Å². The average molecular weight is 245 g/mol. The van der Waals surface area contributed by atoms with Gasteiger partial charge in [-0.3, -0.25) is 0 Å². The summed E-state index contributed by atoms with van der Waals surface area (Å²) in [6, 6.07) is 11.0. The Bertz CT molecular complexity index is 325. The highest BCUT2D eigenvalue weighted by atomic mass is 15.1. The first kappa shape index (κ1) is 13.6. The van der Waals surface area contributed by atoms with E-state index in [9.17, 15) is 0 Å². The predicted molar refractivity (Wildman–Crippen MR) is 78.9 cm³/mol. The second kappa shape index (κ2) is 6.94. The molecule has 2 rings (SSSR count). The lowest BCUT2D eigenvalue weighted by atomic mass is 9.85. The largest absolute Gasteiger partial charge is 0.303 e. The monoisotopic (exact) mass is 245 g/mol. The average Bonchev–Trinajstić information content (AvgIpc) is 2.41. The normalized spacial score (nSPS) is 19.1. The molecule has 0 aromatic heterocycles. The Kier molecular flexibility index (Phi) is 5.25. The second-order valence-electron chi connectivity index (χ2n) is 5.95. The number of likely N-dealkylation sites (tertiary alicyclic amines) is 1. The minimum absolute atomic E-state index is 0.716. The van der Waals surface area contributed by atoms with Crippen molar-refractivity contribution in [1.82, 2.24) is 4.90 Å². The van der Waals surface area contributed by atoms with E-state index in [1.54, 1.807) is 0 Å². The van der Waals surface area contributed by atoms with Crippen LogP contribution in [0.4, 0.5) is 0 Å². The van der Waals surface area contributed by atoms with Crippen LogP contribution < -0.4 is 0 Å². The molecule has 1 atom stereocenters. The SMILES string of the molecule is CC(C)C(CCN1CCCCC1)c1ccccc1. The molecule has 0 aliphatic carbocycles. The Hall–Kier alpha value is -0.820. The highest BCUT2D eigenvalue weighted by molar-refractivity contribution is 5.20. The molecule has 100 valence electrons. The van der Waals surface area contributed by atoms with E-state index in [1.165, 1.54) is 50.9 Å². The fourth-order valence-electron chi connectivity index (χ4n) is 3.09. The number of hydrogen-bond donors (Lipinski definition) is 0. The molecular weight excluding hydrogens is 218 g/mol. The smallest absolute Gasteiger partial charge is 0.00128 e. The zero-order valence-corrected chi connectivity index (χ0v) is 11.9. The summed E-state index contributed by atoms with van der Waals surface area (Å²) >= 11 is 0. The van der Waals surface area contributed by atoms with Gasteiger partial charge in [0, 0.05) is 0 Å². The minimum atomic E-state index is 0.716. The quantitative estimate of drug-likeness (QED) is 0.747. The van der Waals surface area contributed by atoms with Crippen molar-refractivity contribution in [1.29, 1.82) is 0 Å². The van der Waals surface area contributed by atoms with Crippen molar-refractivity contribution in [3.63, 3.8) is 0 Å². The van der Waals surface area contributed by atoms with Gasteiger partial charge in [-0.2, -0.15) is 0 Å². The summed E-state index contributed by atoms with van der Waals surface area (Å²) in [5.41, 5.74) is 1.52. The number of hydrogen-bond acceptors (Lipinski definition) is 1. The third-order valence-electron chi connectivity index (χ3n) is 4.24. The molecule has 1 aromatic carbocycles. The zero-order chi connectivity index (χ0) is 12.8. The van der Waals surface area contributed by atoms with Crippen LogP contribution in [0.1, 0.15) is 51.0 Å². The topological polar surface area (TPSA) is 3.24 Å². The standard InChI is InChI=1S/C17H27N/c1-15(2)17(16-9-5-3-6-10-16)11-14-18-12-7-4-8-13-18/h3,5-6,9-10,15,17H,4,7-8,11-14H2,1-2H3. The maximum atomic E-state index is 2.65. The van der Waals surface area contributed by atoms with Crippen LogP contribution in [0.2, 0.25) is 0 Å². The van der Waals surface area contributed by atoms with E-state index in [4.69, 9.17) is 0 Å². The van der Waals surface area contributed by atoms with Gasteiger partial charge >= 0.3 is 0 Å². The fraction of sp³-hybridized carbons (Fsp3) is 0.647. The van der Waals surface area contributed by atoms with E-state index in [1.807, 2.05) is 0 Å². The highest BCUT2D eigenvalue weighted by Crippen LogP contribution is 2.28. The molecule has 0 spiro atoms. The molecule has 1 heteroatoms.